The van der Waals surface area contributed by atoms with Crippen LogP contribution in [0, 0.1) is 12.3 Å². The highest BCUT2D eigenvalue weighted by Crippen LogP contribution is 2.30. The minimum atomic E-state index is 0.333. The molecule has 2 heteroatoms. The molecular weight excluding hydrogens is 186 g/mol. The number of nitrogens with one attached hydrogen (secondary N) is 1. The van der Waals surface area contributed by atoms with E-state index in [1.54, 1.807) is 0 Å². The lowest BCUT2D eigenvalue weighted by Crippen LogP contribution is -2.21. The van der Waals surface area contributed by atoms with Crippen LogP contribution in [0.25, 0.3) is 0 Å². The molecule has 0 saturated carbocycles. The molecule has 2 rings (SSSR count). The Morgan fingerprint density at radius 3 is 3.20 bits per heavy atom. The van der Waals surface area contributed by atoms with E-state index in [1.165, 1.54) is 5.56 Å². The van der Waals surface area contributed by atoms with Gasteiger partial charge in [-0.3, -0.25) is 5.32 Å². The normalized spacial score (nSPS) is 19.5. The molecule has 0 bridgehead atoms. The van der Waals surface area contributed by atoms with Crippen LogP contribution in [-0.2, 0) is 0 Å². The van der Waals surface area contributed by atoms with E-state index in [1.807, 2.05) is 18.2 Å². The summed E-state index contributed by atoms with van der Waals surface area (Å²) >= 11 is 0. The van der Waals surface area contributed by atoms with E-state index in [9.17, 15) is 0 Å². The highest BCUT2D eigenvalue weighted by atomic mass is 16.5. The molecule has 0 aliphatic carbocycles. The van der Waals surface area contributed by atoms with Crippen molar-refractivity contribution in [2.45, 2.75) is 18.9 Å². The van der Waals surface area contributed by atoms with E-state index >= 15 is 0 Å². The van der Waals surface area contributed by atoms with Crippen molar-refractivity contribution >= 4 is 0 Å². The number of rotatable bonds is 2. The summed E-state index contributed by atoms with van der Waals surface area (Å²) in [5, 5.41) is 3.35. The Kier molecular flexibility index (Phi) is 3.26. The minimum Gasteiger partial charge on any atom is -0.493 e. The summed E-state index contributed by atoms with van der Waals surface area (Å²) < 4.78 is 5.67. The van der Waals surface area contributed by atoms with Crippen LogP contribution in [0.4, 0.5) is 0 Å². The first kappa shape index (κ1) is 10.1. The first-order valence-corrected chi connectivity index (χ1v) is 5.30. The SMILES string of the molecule is C#CCNC1CCCOc2ccccc21. The molecule has 1 aromatic carbocycles. The molecule has 1 atom stereocenters. The quantitative estimate of drug-likeness (QED) is 0.740. The van der Waals surface area contributed by atoms with Crippen molar-refractivity contribution in [1.82, 2.24) is 5.32 Å². The average molecular weight is 201 g/mol. The maximum atomic E-state index is 5.67. The average Bonchev–Trinajstić information content (AvgIpc) is 2.49. The molecule has 0 amide bonds. The molecule has 0 spiro atoms. The van der Waals surface area contributed by atoms with Gasteiger partial charge < -0.3 is 4.74 Å². The number of benzene rings is 1. The van der Waals surface area contributed by atoms with Gasteiger partial charge in [0.1, 0.15) is 5.75 Å². The highest BCUT2D eigenvalue weighted by molar-refractivity contribution is 5.36. The fourth-order valence-electron chi connectivity index (χ4n) is 1.92. The Morgan fingerprint density at radius 2 is 2.33 bits per heavy atom. The summed E-state index contributed by atoms with van der Waals surface area (Å²) in [7, 11) is 0. The van der Waals surface area contributed by atoms with Gasteiger partial charge in [0.15, 0.2) is 0 Å². The lowest BCUT2D eigenvalue weighted by atomic mass is 10.0. The lowest BCUT2D eigenvalue weighted by Gasteiger charge is -2.16. The van der Waals surface area contributed by atoms with Gasteiger partial charge in [-0.15, -0.1) is 6.42 Å². The zero-order chi connectivity index (χ0) is 10.5. The van der Waals surface area contributed by atoms with Gasteiger partial charge >= 0.3 is 0 Å². The van der Waals surface area contributed by atoms with Crippen LogP contribution in [0.5, 0.6) is 5.75 Å². The van der Waals surface area contributed by atoms with Crippen LogP contribution >= 0.6 is 0 Å². The van der Waals surface area contributed by atoms with Gasteiger partial charge in [-0.2, -0.15) is 0 Å². The lowest BCUT2D eigenvalue weighted by molar-refractivity contribution is 0.315. The largest absolute Gasteiger partial charge is 0.493 e. The van der Waals surface area contributed by atoms with E-state index in [0.717, 1.165) is 25.2 Å². The van der Waals surface area contributed by atoms with Crippen molar-refractivity contribution in [1.29, 1.82) is 0 Å². The molecule has 0 fully saturated rings. The van der Waals surface area contributed by atoms with Gasteiger partial charge in [-0.05, 0) is 18.9 Å². The molecule has 1 aromatic rings. The number of para-hydroxylation sites is 1. The Labute approximate surface area is 90.6 Å². The van der Waals surface area contributed by atoms with E-state index in [2.05, 4.69) is 17.3 Å². The van der Waals surface area contributed by atoms with E-state index in [4.69, 9.17) is 11.2 Å². The predicted octanol–water partition coefficient (Wildman–Crippen LogP) is 2.12. The topological polar surface area (TPSA) is 21.3 Å². The van der Waals surface area contributed by atoms with Crippen LogP contribution in [-0.4, -0.2) is 13.2 Å². The van der Waals surface area contributed by atoms with Gasteiger partial charge in [0.25, 0.3) is 0 Å². The zero-order valence-corrected chi connectivity index (χ0v) is 8.70. The van der Waals surface area contributed by atoms with Gasteiger partial charge in [0.05, 0.1) is 13.2 Å². The first-order chi connectivity index (χ1) is 7.42. The standard InChI is InChI=1S/C13H15NO/c1-2-9-14-12-7-5-10-15-13-8-4-3-6-11(12)13/h1,3-4,6,8,12,14H,5,7,9-10H2. The number of ether oxygens (including phenoxy) is 1. The second-order valence-corrected chi connectivity index (χ2v) is 3.67. The number of hydrogen-bond donors (Lipinski definition) is 1. The van der Waals surface area contributed by atoms with Crippen LogP contribution in [0.1, 0.15) is 24.4 Å². The summed E-state index contributed by atoms with van der Waals surface area (Å²) in [6.45, 7) is 1.41. The van der Waals surface area contributed by atoms with Gasteiger partial charge in [0, 0.05) is 11.6 Å². The molecule has 78 valence electrons. The van der Waals surface area contributed by atoms with Gasteiger partial charge in [-0.1, -0.05) is 24.1 Å². The summed E-state index contributed by atoms with van der Waals surface area (Å²) in [6, 6.07) is 8.50. The van der Waals surface area contributed by atoms with Crippen LogP contribution in [0.3, 0.4) is 0 Å². The second-order valence-electron chi connectivity index (χ2n) is 3.67. The van der Waals surface area contributed by atoms with E-state index in [-0.39, 0.29) is 0 Å². The fourth-order valence-corrected chi connectivity index (χ4v) is 1.92. The monoisotopic (exact) mass is 201 g/mol. The predicted molar refractivity (Wildman–Crippen MR) is 60.7 cm³/mol. The van der Waals surface area contributed by atoms with Gasteiger partial charge in [0.2, 0.25) is 0 Å². The summed E-state index contributed by atoms with van der Waals surface area (Å²) in [5.41, 5.74) is 1.23. The molecule has 0 radical (unpaired) electrons. The summed E-state index contributed by atoms with van der Waals surface area (Å²) in [4.78, 5) is 0. The van der Waals surface area contributed by atoms with E-state index in [0.29, 0.717) is 12.6 Å². The summed E-state index contributed by atoms with van der Waals surface area (Å²) in [5.74, 6) is 3.60. The van der Waals surface area contributed by atoms with Crippen molar-refractivity contribution in [3.8, 4) is 18.1 Å². The number of hydrogen-bond acceptors (Lipinski definition) is 2. The van der Waals surface area contributed by atoms with Crippen molar-refractivity contribution in [3.63, 3.8) is 0 Å². The molecule has 2 nitrogen and oxygen atoms in total. The van der Waals surface area contributed by atoms with Crippen molar-refractivity contribution in [2.75, 3.05) is 13.2 Å². The minimum absolute atomic E-state index is 0.333. The molecule has 15 heavy (non-hydrogen) atoms. The molecule has 0 aromatic heterocycles. The van der Waals surface area contributed by atoms with Crippen LogP contribution < -0.4 is 10.1 Å². The third-order valence-electron chi connectivity index (χ3n) is 2.64. The van der Waals surface area contributed by atoms with Crippen LogP contribution in [0.15, 0.2) is 24.3 Å². The number of fused-ring (bicyclic) bond motifs is 1. The number of terminal acetylenes is 1. The Hall–Kier alpha value is -1.46. The van der Waals surface area contributed by atoms with Gasteiger partial charge in [-0.25, -0.2) is 0 Å². The second kappa shape index (κ2) is 4.86. The molecule has 1 aliphatic rings. The zero-order valence-electron chi connectivity index (χ0n) is 8.70. The smallest absolute Gasteiger partial charge is 0.124 e. The molecule has 1 unspecified atom stereocenters. The van der Waals surface area contributed by atoms with Crippen molar-refractivity contribution in [2.24, 2.45) is 0 Å². The molecule has 1 heterocycles. The molecular formula is C13H15NO. The first-order valence-electron chi connectivity index (χ1n) is 5.30. The van der Waals surface area contributed by atoms with Crippen molar-refractivity contribution < 1.29 is 4.74 Å². The molecule has 1 aliphatic heterocycles. The summed E-state index contributed by atoms with van der Waals surface area (Å²) in [6.07, 6.45) is 7.41. The maximum absolute atomic E-state index is 5.67. The van der Waals surface area contributed by atoms with Crippen molar-refractivity contribution in [3.05, 3.63) is 29.8 Å². The Bertz CT molecular complexity index is 367. The molecule has 1 N–H and O–H groups in total. The fraction of sp³-hybridized carbons (Fsp3) is 0.385. The third-order valence-corrected chi connectivity index (χ3v) is 2.64. The Morgan fingerprint density at radius 1 is 1.47 bits per heavy atom. The van der Waals surface area contributed by atoms with E-state index < -0.39 is 0 Å². The van der Waals surface area contributed by atoms with Crippen LogP contribution in [0.2, 0.25) is 0 Å². The highest BCUT2D eigenvalue weighted by Gasteiger charge is 2.17. The third kappa shape index (κ3) is 2.31. The molecule has 0 saturated heterocycles. The maximum Gasteiger partial charge on any atom is 0.124 e. The Balaban J connectivity index is 2.21.